The van der Waals surface area contributed by atoms with Crippen LogP contribution in [0.15, 0.2) is 53.9 Å². The van der Waals surface area contributed by atoms with Gasteiger partial charge in [0.25, 0.3) is 0 Å². The first kappa shape index (κ1) is 16.2. The van der Waals surface area contributed by atoms with E-state index in [0.29, 0.717) is 0 Å². The number of aryl methyl sites for hydroxylation is 1. The molecule has 0 saturated carbocycles. The minimum atomic E-state index is -0.0844. The van der Waals surface area contributed by atoms with Crippen LogP contribution in [0.2, 0.25) is 0 Å². The molecule has 3 rings (SSSR count). The molecule has 2 aromatic carbocycles. The highest BCUT2D eigenvalue weighted by molar-refractivity contribution is 7.09. The van der Waals surface area contributed by atoms with Crippen molar-refractivity contribution in [2.75, 3.05) is 12.4 Å². The van der Waals surface area contributed by atoms with Crippen molar-refractivity contribution in [2.24, 2.45) is 0 Å². The monoisotopic (exact) mass is 338 g/mol. The zero-order chi connectivity index (χ0) is 16.9. The maximum atomic E-state index is 12.5. The van der Waals surface area contributed by atoms with E-state index in [-0.39, 0.29) is 12.3 Å². The van der Waals surface area contributed by atoms with E-state index in [1.807, 2.05) is 60.8 Å². The number of anilines is 1. The van der Waals surface area contributed by atoms with Gasteiger partial charge in [-0.2, -0.15) is 0 Å². The first-order valence-electron chi connectivity index (χ1n) is 7.60. The van der Waals surface area contributed by atoms with Gasteiger partial charge in [-0.25, -0.2) is 4.98 Å². The third-order valence-corrected chi connectivity index (χ3v) is 4.41. The van der Waals surface area contributed by atoms with Crippen LogP contribution in [0.3, 0.4) is 0 Å². The second-order valence-electron chi connectivity index (χ2n) is 5.33. The Bertz CT molecular complexity index is 858. The van der Waals surface area contributed by atoms with E-state index in [9.17, 15) is 4.79 Å². The number of amides is 1. The van der Waals surface area contributed by atoms with Gasteiger partial charge in [-0.3, -0.25) is 4.79 Å². The number of para-hydroxylation sites is 2. The minimum Gasteiger partial charge on any atom is -0.496 e. The van der Waals surface area contributed by atoms with Gasteiger partial charge in [0.05, 0.1) is 29.9 Å². The van der Waals surface area contributed by atoms with Crippen LogP contribution in [0.25, 0.3) is 11.3 Å². The topological polar surface area (TPSA) is 51.2 Å². The Morgan fingerprint density at radius 3 is 2.67 bits per heavy atom. The third-order valence-electron chi connectivity index (χ3n) is 3.64. The van der Waals surface area contributed by atoms with Crippen molar-refractivity contribution in [1.82, 2.24) is 4.98 Å². The minimum absolute atomic E-state index is 0.0844. The van der Waals surface area contributed by atoms with Gasteiger partial charge < -0.3 is 10.1 Å². The number of methoxy groups -OCH3 is 1. The van der Waals surface area contributed by atoms with E-state index >= 15 is 0 Å². The second kappa shape index (κ2) is 7.27. The molecule has 0 fully saturated rings. The maximum absolute atomic E-state index is 12.5. The van der Waals surface area contributed by atoms with Crippen LogP contribution in [0.1, 0.15) is 10.6 Å². The molecule has 0 saturated heterocycles. The Morgan fingerprint density at radius 2 is 1.92 bits per heavy atom. The fourth-order valence-electron chi connectivity index (χ4n) is 2.52. The first-order chi connectivity index (χ1) is 11.7. The molecular formula is C19H18N2O2S. The number of nitrogens with zero attached hydrogens (tertiary/aromatic N) is 1. The van der Waals surface area contributed by atoms with E-state index in [0.717, 1.165) is 33.3 Å². The van der Waals surface area contributed by atoms with Crippen molar-refractivity contribution < 1.29 is 9.53 Å². The number of carbonyl (C=O) groups is 1. The molecule has 0 radical (unpaired) electrons. The molecule has 0 spiro atoms. The van der Waals surface area contributed by atoms with Crippen molar-refractivity contribution in [2.45, 2.75) is 13.3 Å². The molecule has 0 aliphatic rings. The van der Waals surface area contributed by atoms with Crippen molar-refractivity contribution >= 4 is 22.9 Å². The predicted molar refractivity (Wildman–Crippen MR) is 97.6 cm³/mol. The molecule has 1 heterocycles. The van der Waals surface area contributed by atoms with E-state index in [1.54, 1.807) is 18.4 Å². The lowest BCUT2D eigenvalue weighted by atomic mass is 10.1. The smallest absolute Gasteiger partial charge is 0.228 e. The Morgan fingerprint density at radius 1 is 1.17 bits per heavy atom. The third kappa shape index (κ3) is 3.63. The number of ether oxygens (including phenoxy) is 1. The fraction of sp³-hybridized carbons (Fsp3) is 0.158. The number of hydrogen-bond acceptors (Lipinski definition) is 4. The number of hydrogen-bond donors (Lipinski definition) is 1. The summed E-state index contributed by atoms with van der Waals surface area (Å²) < 4.78 is 5.30. The van der Waals surface area contributed by atoms with Crippen LogP contribution < -0.4 is 10.1 Å². The molecule has 1 amide bonds. The standard InChI is InChI=1S/C19H18N2O2S/c1-13-20-17(12-24-13)15-8-4-5-9-16(15)21-19(22)11-14-7-3-6-10-18(14)23-2/h3-10,12H,11H2,1-2H3,(H,21,22). The highest BCUT2D eigenvalue weighted by Crippen LogP contribution is 2.29. The summed E-state index contributed by atoms with van der Waals surface area (Å²) >= 11 is 1.59. The quantitative estimate of drug-likeness (QED) is 0.754. The largest absolute Gasteiger partial charge is 0.496 e. The molecule has 122 valence electrons. The highest BCUT2D eigenvalue weighted by Gasteiger charge is 2.12. The molecule has 3 aromatic rings. The number of carbonyl (C=O) groups excluding carboxylic acids is 1. The van der Waals surface area contributed by atoms with E-state index in [1.165, 1.54) is 0 Å². The van der Waals surface area contributed by atoms with Crippen LogP contribution in [0, 0.1) is 6.92 Å². The van der Waals surface area contributed by atoms with Gasteiger partial charge >= 0.3 is 0 Å². The van der Waals surface area contributed by atoms with Gasteiger partial charge in [0.15, 0.2) is 0 Å². The molecule has 1 aromatic heterocycles. The average molecular weight is 338 g/mol. The van der Waals surface area contributed by atoms with E-state index in [2.05, 4.69) is 10.3 Å². The van der Waals surface area contributed by atoms with Crippen molar-refractivity contribution in [3.05, 3.63) is 64.5 Å². The number of aromatic nitrogens is 1. The second-order valence-corrected chi connectivity index (χ2v) is 6.40. The molecule has 0 unspecified atom stereocenters. The number of rotatable bonds is 5. The number of nitrogens with one attached hydrogen (secondary N) is 1. The lowest BCUT2D eigenvalue weighted by Gasteiger charge is -2.11. The fourth-order valence-corrected chi connectivity index (χ4v) is 3.13. The Kier molecular flexibility index (Phi) is 4.91. The first-order valence-corrected chi connectivity index (χ1v) is 8.48. The Hall–Kier alpha value is -2.66. The summed E-state index contributed by atoms with van der Waals surface area (Å²) in [6, 6.07) is 15.2. The summed E-state index contributed by atoms with van der Waals surface area (Å²) in [6.07, 6.45) is 0.258. The van der Waals surface area contributed by atoms with E-state index < -0.39 is 0 Å². The normalized spacial score (nSPS) is 10.4. The van der Waals surface area contributed by atoms with Crippen molar-refractivity contribution in [3.63, 3.8) is 0 Å². The summed E-state index contributed by atoms with van der Waals surface area (Å²) in [5.74, 6) is 0.634. The highest BCUT2D eigenvalue weighted by atomic mass is 32.1. The van der Waals surface area contributed by atoms with Crippen molar-refractivity contribution in [1.29, 1.82) is 0 Å². The molecule has 0 atom stereocenters. The van der Waals surface area contributed by atoms with Crippen LogP contribution in [0.4, 0.5) is 5.69 Å². The van der Waals surface area contributed by atoms with Gasteiger partial charge in [-0.15, -0.1) is 11.3 Å². The average Bonchev–Trinajstić information content (AvgIpc) is 3.02. The van der Waals surface area contributed by atoms with Crippen LogP contribution in [-0.4, -0.2) is 18.0 Å². The summed E-state index contributed by atoms with van der Waals surface area (Å²) in [7, 11) is 1.61. The van der Waals surface area contributed by atoms with Crippen molar-refractivity contribution in [3.8, 4) is 17.0 Å². The Balaban J connectivity index is 1.80. The van der Waals surface area contributed by atoms with Gasteiger partial charge in [0.1, 0.15) is 5.75 Å². The van der Waals surface area contributed by atoms with Gasteiger partial charge in [0, 0.05) is 16.5 Å². The van der Waals surface area contributed by atoms with Crippen LogP contribution in [-0.2, 0) is 11.2 Å². The molecule has 0 bridgehead atoms. The van der Waals surface area contributed by atoms with E-state index in [4.69, 9.17) is 4.74 Å². The SMILES string of the molecule is COc1ccccc1CC(=O)Nc1ccccc1-c1csc(C)n1. The van der Waals surface area contributed by atoms with Gasteiger partial charge in [0.2, 0.25) is 5.91 Å². The molecule has 0 aliphatic heterocycles. The summed E-state index contributed by atoms with van der Waals surface area (Å²) in [5, 5.41) is 5.99. The summed E-state index contributed by atoms with van der Waals surface area (Å²) in [4.78, 5) is 17.0. The lowest BCUT2D eigenvalue weighted by Crippen LogP contribution is -2.15. The van der Waals surface area contributed by atoms with Gasteiger partial charge in [-0.05, 0) is 19.1 Å². The van der Waals surface area contributed by atoms with Crippen LogP contribution in [0.5, 0.6) is 5.75 Å². The number of thiazole rings is 1. The lowest BCUT2D eigenvalue weighted by molar-refractivity contribution is -0.115. The number of benzene rings is 2. The zero-order valence-corrected chi connectivity index (χ0v) is 14.4. The summed E-state index contributed by atoms with van der Waals surface area (Å²) in [6.45, 7) is 1.97. The van der Waals surface area contributed by atoms with Gasteiger partial charge in [-0.1, -0.05) is 36.4 Å². The molecular weight excluding hydrogens is 320 g/mol. The van der Waals surface area contributed by atoms with Crippen LogP contribution >= 0.6 is 11.3 Å². The zero-order valence-electron chi connectivity index (χ0n) is 13.6. The predicted octanol–water partition coefficient (Wildman–Crippen LogP) is 4.31. The molecule has 4 nitrogen and oxygen atoms in total. The maximum Gasteiger partial charge on any atom is 0.228 e. The molecule has 5 heteroatoms. The molecule has 1 N–H and O–H groups in total. The molecule has 0 aliphatic carbocycles. The summed E-state index contributed by atoms with van der Waals surface area (Å²) in [5.41, 5.74) is 3.43. The molecule has 24 heavy (non-hydrogen) atoms. The Labute approximate surface area is 145 Å².